The highest BCUT2D eigenvalue weighted by Gasteiger charge is 2.17. The molecule has 1 aromatic heterocycles. The molecule has 0 bridgehead atoms. The monoisotopic (exact) mass is 416 g/mol. The number of para-hydroxylation sites is 1. The third kappa shape index (κ3) is 4.87. The van der Waals surface area contributed by atoms with E-state index in [-0.39, 0.29) is 23.9 Å². The molecule has 1 heterocycles. The van der Waals surface area contributed by atoms with Crippen LogP contribution in [0.15, 0.2) is 72.8 Å². The maximum absolute atomic E-state index is 12.5. The van der Waals surface area contributed by atoms with Crippen molar-refractivity contribution in [2.24, 2.45) is 0 Å². The number of hydrogen-bond donors (Lipinski definition) is 2. The number of nitrogens with one attached hydrogen (secondary N) is 2. The maximum atomic E-state index is 12.5. The lowest BCUT2D eigenvalue weighted by Gasteiger charge is -2.10. The van der Waals surface area contributed by atoms with Crippen LogP contribution in [0.3, 0.4) is 0 Å². The van der Waals surface area contributed by atoms with Crippen LogP contribution >= 0.6 is 0 Å². The van der Waals surface area contributed by atoms with Crippen LogP contribution < -0.4 is 10.1 Å². The minimum atomic E-state index is -0.458. The third-order valence-electron chi connectivity index (χ3n) is 4.77. The number of fused-ring (bicyclic) bond motifs is 1. The molecule has 8 heteroatoms. The summed E-state index contributed by atoms with van der Waals surface area (Å²) in [5, 5.41) is 13.8. The maximum Gasteiger partial charge on any atom is 0.271 e. The Hall–Kier alpha value is -4.20. The van der Waals surface area contributed by atoms with E-state index in [9.17, 15) is 14.9 Å². The lowest BCUT2D eigenvalue weighted by atomic mass is 10.1. The first-order chi connectivity index (χ1) is 15.0. The number of aromatic amines is 1. The van der Waals surface area contributed by atoms with Crippen molar-refractivity contribution in [2.45, 2.75) is 19.3 Å². The lowest BCUT2D eigenvalue weighted by Crippen LogP contribution is -2.14. The number of aromatic nitrogens is 2. The van der Waals surface area contributed by atoms with Crippen molar-refractivity contribution in [3.63, 3.8) is 0 Å². The zero-order valence-corrected chi connectivity index (χ0v) is 16.7. The first kappa shape index (κ1) is 20.1. The smallest absolute Gasteiger partial charge is 0.271 e. The fourth-order valence-electron chi connectivity index (χ4n) is 3.18. The molecular formula is C23H20N4O4. The Labute approximate surface area is 178 Å². The fourth-order valence-corrected chi connectivity index (χ4v) is 3.18. The van der Waals surface area contributed by atoms with Gasteiger partial charge in [-0.25, -0.2) is 4.98 Å². The molecule has 0 saturated carbocycles. The molecule has 1 amide bonds. The lowest BCUT2D eigenvalue weighted by molar-refractivity contribution is -0.384. The molecule has 0 aliphatic carbocycles. The van der Waals surface area contributed by atoms with Gasteiger partial charge in [-0.15, -0.1) is 0 Å². The van der Waals surface area contributed by atoms with Gasteiger partial charge in [0.05, 0.1) is 16.0 Å². The molecule has 156 valence electrons. The van der Waals surface area contributed by atoms with E-state index >= 15 is 0 Å². The predicted molar refractivity (Wildman–Crippen MR) is 117 cm³/mol. The van der Waals surface area contributed by atoms with Crippen molar-refractivity contribution in [3.8, 4) is 11.5 Å². The second-order valence-electron chi connectivity index (χ2n) is 7.17. The average Bonchev–Trinajstić information content (AvgIpc) is 3.19. The van der Waals surface area contributed by atoms with Gasteiger partial charge in [-0.05, 0) is 42.5 Å². The normalized spacial score (nSPS) is 11.8. The number of ether oxygens (including phenoxy) is 1. The van der Waals surface area contributed by atoms with Crippen LogP contribution in [0.25, 0.3) is 11.0 Å². The number of nitro groups is 1. The summed E-state index contributed by atoms with van der Waals surface area (Å²) in [5.74, 6) is 1.68. The number of imidazole rings is 1. The molecule has 0 aliphatic heterocycles. The standard InChI is InChI=1S/C23H20N4O4/c1-15(23-25-20-12-9-17(27(29)30)14-21(20)26-23)13-22(28)24-16-7-10-19(11-8-16)31-18-5-3-2-4-6-18/h2-12,14-15H,13H2,1H3,(H,24,28)(H,25,26). The summed E-state index contributed by atoms with van der Waals surface area (Å²) >= 11 is 0. The molecule has 4 rings (SSSR count). The summed E-state index contributed by atoms with van der Waals surface area (Å²) in [7, 11) is 0. The summed E-state index contributed by atoms with van der Waals surface area (Å²) in [6, 6.07) is 21.0. The molecule has 0 aliphatic rings. The molecule has 1 atom stereocenters. The summed E-state index contributed by atoms with van der Waals surface area (Å²) in [6.45, 7) is 1.88. The van der Waals surface area contributed by atoms with Gasteiger partial charge in [-0.2, -0.15) is 0 Å². The number of benzene rings is 3. The molecule has 1 unspecified atom stereocenters. The third-order valence-corrected chi connectivity index (χ3v) is 4.77. The zero-order valence-electron chi connectivity index (χ0n) is 16.7. The second-order valence-corrected chi connectivity index (χ2v) is 7.17. The van der Waals surface area contributed by atoms with Crippen LogP contribution in [-0.2, 0) is 4.79 Å². The molecule has 31 heavy (non-hydrogen) atoms. The van der Waals surface area contributed by atoms with E-state index in [2.05, 4.69) is 15.3 Å². The van der Waals surface area contributed by atoms with Crippen LogP contribution in [0.4, 0.5) is 11.4 Å². The summed E-state index contributed by atoms with van der Waals surface area (Å²) in [5.41, 5.74) is 1.85. The molecule has 8 nitrogen and oxygen atoms in total. The largest absolute Gasteiger partial charge is 0.457 e. The number of H-pyrrole nitrogens is 1. The van der Waals surface area contributed by atoms with Gasteiger partial charge in [0.1, 0.15) is 17.3 Å². The van der Waals surface area contributed by atoms with Gasteiger partial charge in [0.2, 0.25) is 5.91 Å². The zero-order chi connectivity index (χ0) is 21.8. The number of nitrogens with zero attached hydrogens (tertiary/aromatic N) is 2. The van der Waals surface area contributed by atoms with Crippen LogP contribution in [0.5, 0.6) is 11.5 Å². The average molecular weight is 416 g/mol. The SMILES string of the molecule is CC(CC(=O)Nc1ccc(Oc2ccccc2)cc1)c1nc2cc([N+](=O)[O-])ccc2[nH]1. The fraction of sp³-hybridized carbons (Fsp3) is 0.130. The molecule has 2 N–H and O–H groups in total. The van der Waals surface area contributed by atoms with Crippen molar-refractivity contribution in [2.75, 3.05) is 5.32 Å². The Bertz CT molecular complexity index is 1220. The number of carbonyl (C=O) groups excluding carboxylic acids is 1. The highest BCUT2D eigenvalue weighted by Crippen LogP contribution is 2.25. The van der Waals surface area contributed by atoms with E-state index in [1.807, 2.05) is 37.3 Å². The van der Waals surface area contributed by atoms with Crippen LogP contribution in [-0.4, -0.2) is 20.8 Å². The Morgan fingerprint density at radius 1 is 1.10 bits per heavy atom. The minimum Gasteiger partial charge on any atom is -0.457 e. The summed E-state index contributed by atoms with van der Waals surface area (Å²) in [4.78, 5) is 30.5. The predicted octanol–water partition coefficient (Wildman–Crippen LogP) is 5.40. The number of non-ortho nitro benzene ring substituents is 1. The highest BCUT2D eigenvalue weighted by molar-refractivity contribution is 5.91. The van der Waals surface area contributed by atoms with E-state index in [0.29, 0.717) is 28.3 Å². The van der Waals surface area contributed by atoms with E-state index < -0.39 is 4.92 Å². The van der Waals surface area contributed by atoms with Crippen LogP contribution in [0.2, 0.25) is 0 Å². The Morgan fingerprint density at radius 3 is 2.52 bits per heavy atom. The number of rotatable bonds is 7. The van der Waals surface area contributed by atoms with Crippen LogP contribution in [0.1, 0.15) is 25.1 Å². The van der Waals surface area contributed by atoms with E-state index in [1.54, 1.807) is 30.3 Å². The molecule has 0 radical (unpaired) electrons. The van der Waals surface area contributed by atoms with Crippen molar-refractivity contribution in [3.05, 3.63) is 88.7 Å². The number of nitro benzene ring substituents is 1. The van der Waals surface area contributed by atoms with Crippen molar-refractivity contribution >= 4 is 28.3 Å². The van der Waals surface area contributed by atoms with E-state index in [1.165, 1.54) is 12.1 Å². The van der Waals surface area contributed by atoms with E-state index in [4.69, 9.17) is 4.74 Å². The molecular weight excluding hydrogens is 396 g/mol. The Morgan fingerprint density at radius 2 is 1.81 bits per heavy atom. The van der Waals surface area contributed by atoms with Gasteiger partial charge in [-0.1, -0.05) is 25.1 Å². The number of amides is 1. The number of anilines is 1. The topological polar surface area (TPSA) is 110 Å². The molecule has 4 aromatic rings. The van der Waals surface area contributed by atoms with E-state index in [0.717, 1.165) is 5.75 Å². The molecule has 3 aromatic carbocycles. The molecule has 0 saturated heterocycles. The molecule has 0 fully saturated rings. The minimum absolute atomic E-state index is 0.0179. The first-order valence-electron chi connectivity index (χ1n) is 9.75. The van der Waals surface area contributed by atoms with Crippen molar-refractivity contribution < 1.29 is 14.5 Å². The first-order valence-corrected chi connectivity index (χ1v) is 9.75. The highest BCUT2D eigenvalue weighted by atomic mass is 16.6. The van der Waals surface area contributed by atoms with Gasteiger partial charge < -0.3 is 15.0 Å². The van der Waals surface area contributed by atoms with Crippen molar-refractivity contribution in [1.29, 1.82) is 0 Å². The quantitative estimate of drug-likeness (QED) is 0.310. The van der Waals surface area contributed by atoms with Gasteiger partial charge in [0.25, 0.3) is 5.69 Å². The molecule has 0 spiro atoms. The van der Waals surface area contributed by atoms with Gasteiger partial charge in [-0.3, -0.25) is 14.9 Å². The Balaban J connectivity index is 1.37. The number of carbonyl (C=O) groups is 1. The van der Waals surface area contributed by atoms with Gasteiger partial charge in [0.15, 0.2) is 0 Å². The Kier molecular flexibility index (Phi) is 5.61. The summed E-state index contributed by atoms with van der Waals surface area (Å²) < 4.78 is 5.75. The van der Waals surface area contributed by atoms with Gasteiger partial charge >= 0.3 is 0 Å². The van der Waals surface area contributed by atoms with Crippen LogP contribution in [0, 0.1) is 10.1 Å². The van der Waals surface area contributed by atoms with Gasteiger partial charge in [0, 0.05) is 30.2 Å². The van der Waals surface area contributed by atoms with Crippen molar-refractivity contribution in [1.82, 2.24) is 9.97 Å². The summed E-state index contributed by atoms with van der Waals surface area (Å²) in [6.07, 6.45) is 0.212. The second kappa shape index (κ2) is 8.66. The number of hydrogen-bond acceptors (Lipinski definition) is 5.